The molecule has 0 radical (unpaired) electrons. The maximum atomic E-state index is 12.9. The standard InChI is InChI=1S/C23H22N4O2/c1-16(28)18-10-7-11-19(14-18)24-21-15-20(23(29)27-12-5-6-13-27)25-22(26-21)17-8-3-2-4-9-17/h2-4,7-11,14-15H,5-6,12-13H2,1H3,(H,24,25,26). The van der Waals surface area contributed by atoms with Gasteiger partial charge in [-0.2, -0.15) is 0 Å². The van der Waals surface area contributed by atoms with Gasteiger partial charge in [-0.05, 0) is 31.9 Å². The quantitative estimate of drug-likeness (QED) is 0.661. The zero-order valence-electron chi connectivity index (χ0n) is 16.3. The minimum Gasteiger partial charge on any atom is -0.340 e. The molecule has 29 heavy (non-hydrogen) atoms. The summed E-state index contributed by atoms with van der Waals surface area (Å²) < 4.78 is 0. The Labute approximate surface area is 169 Å². The van der Waals surface area contributed by atoms with Crippen molar-refractivity contribution in [2.75, 3.05) is 18.4 Å². The van der Waals surface area contributed by atoms with Gasteiger partial charge in [0.2, 0.25) is 0 Å². The predicted octanol–water partition coefficient (Wildman–Crippen LogP) is 4.33. The second-order valence-corrected chi connectivity index (χ2v) is 7.09. The Morgan fingerprint density at radius 2 is 1.69 bits per heavy atom. The Kier molecular flexibility index (Phi) is 5.33. The van der Waals surface area contributed by atoms with Gasteiger partial charge in [-0.15, -0.1) is 0 Å². The molecule has 4 rings (SSSR count). The fraction of sp³-hybridized carbons (Fsp3) is 0.217. The third-order valence-corrected chi connectivity index (χ3v) is 4.91. The van der Waals surface area contributed by atoms with E-state index >= 15 is 0 Å². The number of carbonyl (C=O) groups is 2. The van der Waals surface area contributed by atoms with Crippen LogP contribution in [0.25, 0.3) is 11.4 Å². The second kappa shape index (κ2) is 8.22. The van der Waals surface area contributed by atoms with Crippen LogP contribution in [0.15, 0.2) is 60.7 Å². The molecular formula is C23H22N4O2. The molecule has 1 amide bonds. The lowest BCUT2D eigenvalue weighted by Crippen LogP contribution is -2.28. The molecule has 2 heterocycles. The Bertz CT molecular complexity index is 1040. The monoisotopic (exact) mass is 386 g/mol. The Hall–Kier alpha value is -3.54. The van der Waals surface area contributed by atoms with Crippen LogP contribution in [0.1, 0.15) is 40.6 Å². The number of nitrogens with zero attached hydrogens (tertiary/aromatic N) is 3. The number of likely N-dealkylation sites (tertiary alicyclic amines) is 1. The number of anilines is 2. The van der Waals surface area contributed by atoms with Crippen LogP contribution in [-0.2, 0) is 0 Å². The Morgan fingerprint density at radius 3 is 2.41 bits per heavy atom. The molecule has 2 aromatic carbocycles. The Balaban J connectivity index is 1.72. The van der Waals surface area contributed by atoms with Crippen molar-refractivity contribution in [1.82, 2.24) is 14.9 Å². The third kappa shape index (κ3) is 4.32. The first-order valence-electron chi connectivity index (χ1n) is 9.72. The lowest BCUT2D eigenvalue weighted by Gasteiger charge is -2.16. The summed E-state index contributed by atoms with van der Waals surface area (Å²) in [5.41, 5.74) is 2.55. The predicted molar refractivity (Wildman–Crippen MR) is 112 cm³/mol. The molecule has 0 aliphatic carbocycles. The van der Waals surface area contributed by atoms with E-state index < -0.39 is 0 Å². The van der Waals surface area contributed by atoms with Crippen LogP contribution in [0.5, 0.6) is 0 Å². The highest BCUT2D eigenvalue weighted by Crippen LogP contribution is 2.23. The number of Topliss-reactive ketones (excluding diaryl/α,β-unsaturated/α-hetero) is 1. The van der Waals surface area contributed by atoms with E-state index in [0.29, 0.717) is 22.9 Å². The number of aromatic nitrogens is 2. The molecule has 1 aliphatic rings. The van der Waals surface area contributed by atoms with Crippen LogP contribution in [0.4, 0.5) is 11.5 Å². The van der Waals surface area contributed by atoms with Gasteiger partial charge in [-0.1, -0.05) is 42.5 Å². The van der Waals surface area contributed by atoms with Crippen molar-refractivity contribution in [3.8, 4) is 11.4 Å². The number of hydrogen-bond donors (Lipinski definition) is 1. The second-order valence-electron chi connectivity index (χ2n) is 7.09. The third-order valence-electron chi connectivity index (χ3n) is 4.91. The van der Waals surface area contributed by atoms with Gasteiger partial charge in [0.1, 0.15) is 11.5 Å². The van der Waals surface area contributed by atoms with E-state index in [0.717, 1.165) is 37.2 Å². The topological polar surface area (TPSA) is 75.2 Å². The molecule has 1 saturated heterocycles. The van der Waals surface area contributed by atoms with Gasteiger partial charge in [0.05, 0.1) is 0 Å². The lowest BCUT2D eigenvalue weighted by atomic mass is 10.1. The molecule has 3 aromatic rings. The molecule has 1 aliphatic heterocycles. The van der Waals surface area contributed by atoms with Crippen molar-refractivity contribution >= 4 is 23.2 Å². The fourth-order valence-corrected chi connectivity index (χ4v) is 3.38. The Morgan fingerprint density at radius 1 is 0.931 bits per heavy atom. The summed E-state index contributed by atoms with van der Waals surface area (Å²) in [5, 5.41) is 3.22. The molecule has 6 heteroatoms. The van der Waals surface area contributed by atoms with E-state index in [2.05, 4.69) is 15.3 Å². The molecule has 1 aromatic heterocycles. The highest BCUT2D eigenvalue weighted by atomic mass is 16.2. The molecule has 6 nitrogen and oxygen atoms in total. The number of carbonyl (C=O) groups excluding carboxylic acids is 2. The maximum absolute atomic E-state index is 12.9. The number of amides is 1. The summed E-state index contributed by atoms with van der Waals surface area (Å²) in [6.45, 7) is 3.05. The smallest absolute Gasteiger partial charge is 0.272 e. The summed E-state index contributed by atoms with van der Waals surface area (Å²) in [4.78, 5) is 35.6. The largest absolute Gasteiger partial charge is 0.340 e. The lowest BCUT2D eigenvalue weighted by molar-refractivity contribution is 0.0787. The number of rotatable bonds is 5. The number of benzene rings is 2. The van der Waals surface area contributed by atoms with Crippen LogP contribution in [0, 0.1) is 0 Å². The fourth-order valence-electron chi connectivity index (χ4n) is 3.38. The van der Waals surface area contributed by atoms with Crippen LogP contribution in [0.2, 0.25) is 0 Å². The highest BCUT2D eigenvalue weighted by Gasteiger charge is 2.22. The first-order chi connectivity index (χ1) is 14.1. The van der Waals surface area contributed by atoms with E-state index in [1.54, 1.807) is 18.2 Å². The minimum atomic E-state index is -0.0809. The van der Waals surface area contributed by atoms with Crippen LogP contribution in [0.3, 0.4) is 0 Å². The highest BCUT2D eigenvalue weighted by molar-refractivity contribution is 5.95. The molecule has 146 valence electrons. The van der Waals surface area contributed by atoms with Crippen LogP contribution in [-0.4, -0.2) is 39.6 Å². The zero-order valence-corrected chi connectivity index (χ0v) is 16.3. The zero-order chi connectivity index (χ0) is 20.2. The first-order valence-corrected chi connectivity index (χ1v) is 9.72. The van der Waals surface area contributed by atoms with Crippen molar-refractivity contribution in [3.63, 3.8) is 0 Å². The van der Waals surface area contributed by atoms with E-state index in [4.69, 9.17) is 0 Å². The average Bonchev–Trinajstić information content (AvgIpc) is 3.29. The minimum absolute atomic E-state index is 0.00814. The van der Waals surface area contributed by atoms with Gasteiger partial charge in [-0.3, -0.25) is 9.59 Å². The van der Waals surface area contributed by atoms with Crippen molar-refractivity contribution in [2.24, 2.45) is 0 Å². The molecular weight excluding hydrogens is 364 g/mol. The van der Waals surface area contributed by atoms with Gasteiger partial charge in [0, 0.05) is 36.0 Å². The van der Waals surface area contributed by atoms with Gasteiger partial charge in [-0.25, -0.2) is 9.97 Å². The molecule has 1 fully saturated rings. The van der Waals surface area contributed by atoms with Crippen molar-refractivity contribution in [1.29, 1.82) is 0 Å². The van der Waals surface area contributed by atoms with Crippen LogP contribution >= 0.6 is 0 Å². The molecule has 0 bridgehead atoms. The SMILES string of the molecule is CC(=O)c1cccc(Nc2cc(C(=O)N3CCCC3)nc(-c3ccccc3)n2)c1. The molecule has 0 spiro atoms. The summed E-state index contributed by atoms with van der Waals surface area (Å²) in [6.07, 6.45) is 2.04. The van der Waals surface area contributed by atoms with Gasteiger partial charge < -0.3 is 10.2 Å². The van der Waals surface area contributed by atoms with Gasteiger partial charge in [0.15, 0.2) is 11.6 Å². The molecule has 1 N–H and O–H groups in total. The van der Waals surface area contributed by atoms with E-state index in [1.807, 2.05) is 47.4 Å². The molecule has 0 unspecified atom stereocenters. The number of nitrogens with one attached hydrogen (secondary N) is 1. The van der Waals surface area contributed by atoms with Gasteiger partial charge >= 0.3 is 0 Å². The average molecular weight is 386 g/mol. The van der Waals surface area contributed by atoms with Crippen molar-refractivity contribution < 1.29 is 9.59 Å². The van der Waals surface area contributed by atoms with E-state index in [1.165, 1.54) is 6.92 Å². The summed E-state index contributed by atoms with van der Waals surface area (Å²) in [7, 11) is 0. The first kappa shape index (κ1) is 18.8. The normalized spacial score (nSPS) is 13.3. The van der Waals surface area contributed by atoms with Crippen LogP contribution < -0.4 is 5.32 Å². The van der Waals surface area contributed by atoms with Crippen molar-refractivity contribution in [3.05, 3.63) is 71.9 Å². The summed E-state index contributed by atoms with van der Waals surface area (Å²) >= 11 is 0. The van der Waals surface area contributed by atoms with Gasteiger partial charge in [0.25, 0.3) is 5.91 Å². The summed E-state index contributed by atoms with van der Waals surface area (Å²) in [6, 6.07) is 18.5. The maximum Gasteiger partial charge on any atom is 0.272 e. The van der Waals surface area contributed by atoms with E-state index in [-0.39, 0.29) is 11.7 Å². The molecule has 0 atom stereocenters. The molecule has 0 saturated carbocycles. The number of ketones is 1. The number of hydrogen-bond acceptors (Lipinski definition) is 5. The van der Waals surface area contributed by atoms with E-state index in [9.17, 15) is 9.59 Å². The van der Waals surface area contributed by atoms with Crippen molar-refractivity contribution in [2.45, 2.75) is 19.8 Å². The summed E-state index contributed by atoms with van der Waals surface area (Å²) in [5.74, 6) is 0.914.